The van der Waals surface area contributed by atoms with E-state index in [2.05, 4.69) is 17.8 Å². The Hall–Kier alpha value is -2.33. The first-order chi connectivity index (χ1) is 8.28. The fraction of sp³-hybridized carbons (Fsp3) is 0.0625. The fourth-order valence-electron chi connectivity index (χ4n) is 1.45. The van der Waals surface area contributed by atoms with Crippen molar-refractivity contribution in [2.75, 3.05) is 0 Å². The van der Waals surface area contributed by atoms with E-state index in [1.54, 1.807) is 0 Å². The number of aliphatic imine (C=N–C) groups is 1. The van der Waals surface area contributed by atoms with Crippen LogP contribution in [0.15, 0.2) is 53.5 Å². The van der Waals surface area contributed by atoms with Crippen molar-refractivity contribution in [1.82, 2.24) is 0 Å². The number of rotatable bonds is 2. The van der Waals surface area contributed by atoms with E-state index >= 15 is 0 Å². The Labute approximate surface area is 102 Å². The average Bonchev–Trinajstić information content (AvgIpc) is 2.39. The summed E-state index contributed by atoms with van der Waals surface area (Å²) >= 11 is 0. The average molecular weight is 219 g/mol. The van der Waals surface area contributed by atoms with E-state index in [9.17, 15) is 0 Å². The van der Waals surface area contributed by atoms with Crippen molar-refractivity contribution in [1.29, 1.82) is 0 Å². The first kappa shape index (κ1) is 11.2. The monoisotopic (exact) mass is 219 g/mol. The number of hydrogen-bond acceptors (Lipinski definition) is 1. The highest BCUT2D eigenvalue weighted by atomic mass is 14.7. The van der Waals surface area contributed by atoms with Crippen molar-refractivity contribution < 1.29 is 0 Å². The molecule has 0 radical (unpaired) electrons. The SMILES string of the molecule is C#Cc1ccc(C=Nc2ccc(C)cc2)cc1. The minimum atomic E-state index is 0.887. The summed E-state index contributed by atoms with van der Waals surface area (Å²) in [6.45, 7) is 2.06. The van der Waals surface area contributed by atoms with Gasteiger partial charge in [-0.25, -0.2) is 0 Å². The van der Waals surface area contributed by atoms with Gasteiger partial charge >= 0.3 is 0 Å². The van der Waals surface area contributed by atoms with E-state index in [-0.39, 0.29) is 0 Å². The fourth-order valence-corrected chi connectivity index (χ4v) is 1.45. The molecule has 0 aliphatic heterocycles. The van der Waals surface area contributed by atoms with Crippen molar-refractivity contribution in [3.8, 4) is 12.3 Å². The Morgan fingerprint density at radius 2 is 1.65 bits per heavy atom. The smallest absolute Gasteiger partial charge is 0.0630 e. The normalized spacial score (nSPS) is 10.4. The highest BCUT2D eigenvalue weighted by Gasteiger charge is 1.90. The summed E-state index contributed by atoms with van der Waals surface area (Å²) in [6.07, 6.45) is 7.13. The second-order valence-corrected chi connectivity index (χ2v) is 3.86. The van der Waals surface area contributed by atoms with Crippen molar-refractivity contribution >= 4 is 11.9 Å². The van der Waals surface area contributed by atoms with Crippen LogP contribution in [0.3, 0.4) is 0 Å². The van der Waals surface area contributed by atoms with Crippen LogP contribution in [0.1, 0.15) is 16.7 Å². The summed E-state index contributed by atoms with van der Waals surface area (Å²) < 4.78 is 0. The molecule has 0 saturated carbocycles. The minimum Gasteiger partial charge on any atom is -0.256 e. The molecule has 2 aromatic rings. The summed E-state index contributed by atoms with van der Waals surface area (Å²) in [6, 6.07) is 15.9. The Bertz CT molecular complexity index is 554. The maximum absolute atomic E-state index is 5.30. The lowest BCUT2D eigenvalue weighted by atomic mass is 10.1. The van der Waals surface area contributed by atoms with Crippen molar-refractivity contribution in [2.24, 2.45) is 4.99 Å². The lowest BCUT2D eigenvalue weighted by Gasteiger charge is -1.96. The summed E-state index contributed by atoms with van der Waals surface area (Å²) in [5.74, 6) is 2.59. The van der Waals surface area contributed by atoms with Crippen LogP contribution in [0.25, 0.3) is 0 Å². The zero-order chi connectivity index (χ0) is 12.1. The van der Waals surface area contributed by atoms with E-state index in [1.165, 1.54) is 5.56 Å². The summed E-state index contributed by atoms with van der Waals surface area (Å²) in [4.78, 5) is 4.40. The predicted octanol–water partition coefficient (Wildman–Crippen LogP) is 3.73. The number of terminal acetylenes is 1. The molecule has 0 aromatic heterocycles. The third-order valence-corrected chi connectivity index (χ3v) is 2.47. The van der Waals surface area contributed by atoms with Crippen LogP contribution in [0, 0.1) is 19.3 Å². The van der Waals surface area contributed by atoms with Gasteiger partial charge in [0.1, 0.15) is 0 Å². The molecule has 82 valence electrons. The molecule has 2 rings (SSSR count). The maximum Gasteiger partial charge on any atom is 0.0630 e. The highest BCUT2D eigenvalue weighted by Crippen LogP contribution is 2.12. The van der Waals surface area contributed by atoms with E-state index in [1.807, 2.05) is 54.7 Å². The Kier molecular flexibility index (Phi) is 3.37. The second kappa shape index (κ2) is 5.14. The number of benzene rings is 2. The Morgan fingerprint density at radius 3 is 2.24 bits per heavy atom. The van der Waals surface area contributed by atoms with Gasteiger partial charge in [0.15, 0.2) is 0 Å². The third kappa shape index (κ3) is 3.06. The second-order valence-electron chi connectivity index (χ2n) is 3.86. The van der Waals surface area contributed by atoms with E-state index < -0.39 is 0 Å². The van der Waals surface area contributed by atoms with Gasteiger partial charge in [0.2, 0.25) is 0 Å². The summed E-state index contributed by atoms with van der Waals surface area (Å²) in [7, 11) is 0. The Morgan fingerprint density at radius 1 is 1.00 bits per heavy atom. The zero-order valence-corrected chi connectivity index (χ0v) is 9.72. The van der Waals surface area contributed by atoms with Crippen LogP contribution in [0.5, 0.6) is 0 Å². The van der Waals surface area contributed by atoms with Gasteiger partial charge in [-0.2, -0.15) is 0 Å². The van der Waals surface area contributed by atoms with Gasteiger partial charge in [-0.3, -0.25) is 4.99 Å². The van der Waals surface area contributed by atoms with E-state index in [0.717, 1.165) is 16.8 Å². The molecule has 0 atom stereocenters. The van der Waals surface area contributed by atoms with Crippen LogP contribution in [0.4, 0.5) is 5.69 Å². The van der Waals surface area contributed by atoms with Gasteiger partial charge in [-0.15, -0.1) is 6.42 Å². The molecule has 0 bridgehead atoms. The van der Waals surface area contributed by atoms with E-state index in [4.69, 9.17) is 6.42 Å². The molecule has 0 heterocycles. The molecule has 0 spiro atoms. The number of aryl methyl sites for hydroxylation is 1. The molecular formula is C16H13N. The highest BCUT2D eigenvalue weighted by molar-refractivity contribution is 5.82. The molecule has 0 saturated heterocycles. The lowest BCUT2D eigenvalue weighted by molar-refractivity contribution is 1.44. The van der Waals surface area contributed by atoms with Gasteiger partial charge in [0.25, 0.3) is 0 Å². The first-order valence-corrected chi connectivity index (χ1v) is 5.45. The third-order valence-electron chi connectivity index (χ3n) is 2.47. The molecule has 17 heavy (non-hydrogen) atoms. The molecule has 1 nitrogen and oxygen atoms in total. The van der Waals surface area contributed by atoms with Crippen LogP contribution in [-0.4, -0.2) is 6.21 Å². The number of hydrogen-bond donors (Lipinski definition) is 0. The Balaban J connectivity index is 2.14. The molecule has 0 fully saturated rings. The van der Waals surface area contributed by atoms with Crippen LogP contribution >= 0.6 is 0 Å². The summed E-state index contributed by atoms with van der Waals surface area (Å²) in [5.41, 5.74) is 4.13. The van der Waals surface area contributed by atoms with Crippen molar-refractivity contribution in [2.45, 2.75) is 6.92 Å². The van der Waals surface area contributed by atoms with Gasteiger partial charge < -0.3 is 0 Å². The molecule has 0 amide bonds. The van der Waals surface area contributed by atoms with Crippen LogP contribution in [0.2, 0.25) is 0 Å². The molecule has 0 aliphatic rings. The van der Waals surface area contributed by atoms with E-state index in [0.29, 0.717) is 0 Å². The minimum absolute atomic E-state index is 0.887. The standard InChI is InChI=1S/C16H13N/c1-3-14-6-8-15(9-7-14)12-17-16-10-4-13(2)5-11-16/h1,4-12H,2H3. The number of nitrogens with zero attached hydrogens (tertiary/aromatic N) is 1. The summed E-state index contributed by atoms with van der Waals surface area (Å²) in [5, 5.41) is 0. The molecular weight excluding hydrogens is 206 g/mol. The van der Waals surface area contributed by atoms with Crippen LogP contribution in [-0.2, 0) is 0 Å². The quantitative estimate of drug-likeness (QED) is 0.539. The molecule has 0 aliphatic carbocycles. The lowest BCUT2D eigenvalue weighted by Crippen LogP contribution is -1.81. The van der Waals surface area contributed by atoms with Gasteiger partial charge in [-0.1, -0.05) is 35.7 Å². The van der Waals surface area contributed by atoms with Gasteiger partial charge in [-0.05, 0) is 36.8 Å². The van der Waals surface area contributed by atoms with Crippen LogP contribution < -0.4 is 0 Å². The molecule has 1 heteroatoms. The van der Waals surface area contributed by atoms with Gasteiger partial charge in [0, 0.05) is 11.8 Å². The van der Waals surface area contributed by atoms with Crippen molar-refractivity contribution in [3.05, 3.63) is 65.2 Å². The van der Waals surface area contributed by atoms with Gasteiger partial charge in [0.05, 0.1) is 5.69 Å². The maximum atomic E-state index is 5.30. The zero-order valence-electron chi connectivity index (χ0n) is 9.72. The molecule has 0 N–H and O–H groups in total. The predicted molar refractivity (Wildman–Crippen MR) is 72.8 cm³/mol. The molecule has 2 aromatic carbocycles. The topological polar surface area (TPSA) is 12.4 Å². The largest absolute Gasteiger partial charge is 0.256 e. The molecule has 0 unspecified atom stereocenters. The van der Waals surface area contributed by atoms with Crippen molar-refractivity contribution in [3.63, 3.8) is 0 Å². The first-order valence-electron chi connectivity index (χ1n) is 5.45.